The van der Waals surface area contributed by atoms with Crippen LogP contribution in [0.25, 0.3) is 0 Å². The van der Waals surface area contributed by atoms with Crippen molar-refractivity contribution >= 4 is 11.4 Å². The van der Waals surface area contributed by atoms with Gasteiger partial charge < -0.3 is 14.5 Å². The molecule has 0 saturated heterocycles. The fraction of sp³-hybridized carbons (Fsp3) is 0.118. The van der Waals surface area contributed by atoms with Crippen molar-refractivity contribution in [1.29, 1.82) is 0 Å². The van der Waals surface area contributed by atoms with Gasteiger partial charge in [0.2, 0.25) is 11.6 Å². The highest BCUT2D eigenvalue weighted by atomic mass is 19.2. The third-order valence-corrected chi connectivity index (χ3v) is 3.29. The van der Waals surface area contributed by atoms with Crippen LogP contribution in [0.4, 0.5) is 28.9 Å². The molecule has 0 aliphatic rings. The first-order chi connectivity index (χ1) is 12.0. The molecule has 0 fully saturated rings. The van der Waals surface area contributed by atoms with Crippen LogP contribution >= 0.6 is 0 Å². The summed E-state index contributed by atoms with van der Waals surface area (Å²) in [6.07, 6.45) is 1.53. The SMILES string of the molecule is Fc1nc(F)c(F)c(Nc2cccc(COCc3ccco3)c2)c1F. The van der Waals surface area contributed by atoms with Gasteiger partial charge in [0.25, 0.3) is 11.9 Å². The zero-order chi connectivity index (χ0) is 17.8. The van der Waals surface area contributed by atoms with E-state index >= 15 is 0 Å². The maximum absolute atomic E-state index is 13.6. The Bertz CT molecular complexity index is 843. The molecule has 2 aromatic heterocycles. The molecule has 8 heteroatoms. The van der Waals surface area contributed by atoms with Gasteiger partial charge in [-0.15, -0.1) is 0 Å². The molecule has 0 spiro atoms. The van der Waals surface area contributed by atoms with Crippen LogP contribution in [0, 0.1) is 23.5 Å². The third-order valence-electron chi connectivity index (χ3n) is 3.29. The predicted octanol–water partition coefficient (Wildman–Crippen LogP) is 4.69. The number of benzene rings is 1. The molecule has 130 valence electrons. The molecule has 0 bridgehead atoms. The standard InChI is InChI=1S/C17H12F4N2O2/c18-13-15(14(19)17(21)23-16(13)20)22-11-4-1-3-10(7-11)8-24-9-12-5-2-6-25-12/h1-7H,8-9H2,(H,22,23). The second kappa shape index (κ2) is 7.35. The Hall–Kier alpha value is -2.87. The minimum absolute atomic E-state index is 0.209. The molecule has 3 rings (SSSR count). The number of rotatable bonds is 6. The van der Waals surface area contributed by atoms with E-state index in [-0.39, 0.29) is 18.9 Å². The van der Waals surface area contributed by atoms with E-state index in [0.717, 1.165) is 0 Å². The Morgan fingerprint density at radius 3 is 2.40 bits per heavy atom. The predicted molar refractivity (Wildman–Crippen MR) is 81.0 cm³/mol. The van der Waals surface area contributed by atoms with Gasteiger partial charge in [0, 0.05) is 5.69 Å². The minimum atomic E-state index is -1.72. The van der Waals surface area contributed by atoms with Gasteiger partial charge in [-0.3, -0.25) is 0 Å². The number of hydrogen-bond acceptors (Lipinski definition) is 4. The summed E-state index contributed by atoms with van der Waals surface area (Å²) in [5, 5.41) is 2.32. The third kappa shape index (κ3) is 3.97. The van der Waals surface area contributed by atoms with Crippen LogP contribution in [0.15, 0.2) is 47.1 Å². The van der Waals surface area contributed by atoms with E-state index in [9.17, 15) is 17.6 Å². The summed E-state index contributed by atoms with van der Waals surface area (Å²) in [4.78, 5) is 2.51. The largest absolute Gasteiger partial charge is 0.467 e. The molecular weight excluding hydrogens is 340 g/mol. The van der Waals surface area contributed by atoms with Crippen LogP contribution < -0.4 is 5.32 Å². The summed E-state index contributed by atoms with van der Waals surface area (Å²) in [6, 6.07) is 9.86. The van der Waals surface area contributed by atoms with E-state index in [1.807, 2.05) is 0 Å². The number of aromatic nitrogens is 1. The van der Waals surface area contributed by atoms with Crippen LogP contribution in [0.3, 0.4) is 0 Å². The number of hydrogen-bond donors (Lipinski definition) is 1. The van der Waals surface area contributed by atoms with Gasteiger partial charge in [-0.2, -0.15) is 22.5 Å². The summed E-state index contributed by atoms with van der Waals surface area (Å²) in [6.45, 7) is 0.467. The highest BCUT2D eigenvalue weighted by Crippen LogP contribution is 2.26. The lowest BCUT2D eigenvalue weighted by atomic mass is 10.2. The van der Waals surface area contributed by atoms with Crippen molar-refractivity contribution in [2.45, 2.75) is 13.2 Å². The quantitative estimate of drug-likeness (QED) is 0.516. The van der Waals surface area contributed by atoms with Gasteiger partial charge in [-0.05, 0) is 29.8 Å². The molecular formula is C17H12F4N2O2. The Morgan fingerprint density at radius 1 is 0.960 bits per heavy atom. The second-order valence-electron chi connectivity index (χ2n) is 5.09. The van der Waals surface area contributed by atoms with E-state index in [0.29, 0.717) is 11.3 Å². The Kier molecular flexibility index (Phi) is 4.99. The number of pyridine rings is 1. The Balaban J connectivity index is 1.72. The first-order valence-corrected chi connectivity index (χ1v) is 7.20. The number of anilines is 2. The van der Waals surface area contributed by atoms with E-state index in [4.69, 9.17) is 9.15 Å². The summed E-state index contributed by atoms with van der Waals surface area (Å²) < 4.78 is 64.2. The van der Waals surface area contributed by atoms with Crippen LogP contribution in [0.1, 0.15) is 11.3 Å². The minimum Gasteiger partial charge on any atom is -0.467 e. The van der Waals surface area contributed by atoms with Crippen LogP contribution in [-0.4, -0.2) is 4.98 Å². The van der Waals surface area contributed by atoms with Crippen molar-refractivity contribution in [3.05, 3.63) is 77.5 Å². The number of halogens is 4. The first kappa shape index (κ1) is 17.0. The molecule has 4 nitrogen and oxygen atoms in total. The molecule has 0 unspecified atom stereocenters. The highest BCUT2D eigenvalue weighted by Gasteiger charge is 2.20. The van der Waals surface area contributed by atoms with Gasteiger partial charge in [0.05, 0.1) is 12.9 Å². The van der Waals surface area contributed by atoms with E-state index in [2.05, 4.69) is 10.3 Å². The van der Waals surface area contributed by atoms with Crippen molar-refractivity contribution in [2.24, 2.45) is 0 Å². The van der Waals surface area contributed by atoms with Crippen molar-refractivity contribution < 1.29 is 26.7 Å². The maximum Gasteiger partial charge on any atom is 0.253 e. The van der Waals surface area contributed by atoms with Gasteiger partial charge in [-0.1, -0.05) is 12.1 Å². The molecule has 0 aliphatic carbocycles. The summed E-state index contributed by atoms with van der Waals surface area (Å²) in [5.41, 5.74) is -0.0204. The van der Waals surface area contributed by atoms with E-state index in [1.54, 1.807) is 24.3 Å². The lowest BCUT2D eigenvalue weighted by Crippen LogP contribution is -2.06. The molecule has 0 amide bonds. The normalized spacial score (nSPS) is 10.9. The molecule has 2 heterocycles. The zero-order valence-corrected chi connectivity index (χ0v) is 12.7. The molecule has 0 atom stereocenters. The van der Waals surface area contributed by atoms with Crippen molar-refractivity contribution in [3.8, 4) is 0 Å². The van der Waals surface area contributed by atoms with Gasteiger partial charge >= 0.3 is 0 Å². The second-order valence-corrected chi connectivity index (χ2v) is 5.09. The number of furan rings is 1. The highest BCUT2D eigenvalue weighted by molar-refractivity contribution is 5.61. The molecule has 0 aliphatic heterocycles. The van der Waals surface area contributed by atoms with Gasteiger partial charge in [0.1, 0.15) is 18.1 Å². The van der Waals surface area contributed by atoms with E-state index in [1.165, 1.54) is 18.4 Å². The number of nitrogens with zero attached hydrogens (tertiary/aromatic N) is 1. The van der Waals surface area contributed by atoms with Crippen molar-refractivity contribution in [3.63, 3.8) is 0 Å². The molecule has 0 radical (unpaired) electrons. The average molecular weight is 352 g/mol. The summed E-state index contributed by atoms with van der Waals surface area (Å²) in [5.74, 6) is -5.99. The monoisotopic (exact) mass is 352 g/mol. The Morgan fingerprint density at radius 2 is 1.72 bits per heavy atom. The van der Waals surface area contributed by atoms with Crippen LogP contribution in [-0.2, 0) is 18.0 Å². The van der Waals surface area contributed by atoms with E-state index < -0.39 is 29.2 Å². The average Bonchev–Trinajstić information content (AvgIpc) is 3.11. The molecule has 1 N–H and O–H groups in total. The Labute approximate surface area is 140 Å². The maximum atomic E-state index is 13.6. The summed E-state index contributed by atoms with van der Waals surface area (Å²) >= 11 is 0. The smallest absolute Gasteiger partial charge is 0.253 e. The molecule has 3 aromatic rings. The first-order valence-electron chi connectivity index (χ1n) is 7.20. The van der Waals surface area contributed by atoms with Crippen LogP contribution in [0.2, 0.25) is 0 Å². The fourth-order valence-electron chi connectivity index (χ4n) is 2.14. The summed E-state index contributed by atoms with van der Waals surface area (Å²) in [7, 11) is 0. The van der Waals surface area contributed by atoms with Gasteiger partial charge in [0.15, 0.2) is 0 Å². The van der Waals surface area contributed by atoms with Crippen molar-refractivity contribution in [1.82, 2.24) is 4.98 Å². The zero-order valence-electron chi connectivity index (χ0n) is 12.7. The van der Waals surface area contributed by atoms with Crippen LogP contribution in [0.5, 0.6) is 0 Å². The fourth-order valence-corrected chi connectivity index (χ4v) is 2.14. The number of ether oxygens (including phenoxy) is 1. The molecule has 0 saturated carbocycles. The van der Waals surface area contributed by atoms with Crippen molar-refractivity contribution in [2.75, 3.05) is 5.32 Å². The molecule has 1 aromatic carbocycles. The lowest BCUT2D eigenvalue weighted by Gasteiger charge is -2.11. The number of nitrogens with one attached hydrogen (secondary N) is 1. The topological polar surface area (TPSA) is 47.3 Å². The lowest BCUT2D eigenvalue weighted by molar-refractivity contribution is 0.0930. The van der Waals surface area contributed by atoms with Gasteiger partial charge in [-0.25, -0.2) is 0 Å². The molecule has 25 heavy (non-hydrogen) atoms.